The molecule has 0 aliphatic carbocycles. The van der Waals surface area contributed by atoms with E-state index < -0.39 is 0 Å². The second kappa shape index (κ2) is 5.89. The van der Waals surface area contributed by atoms with Gasteiger partial charge in [-0.05, 0) is 36.7 Å². The van der Waals surface area contributed by atoms with Gasteiger partial charge in [-0.1, -0.05) is 36.7 Å². The van der Waals surface area contributed by atoms with Crippen LogP contribution in [0.15, 0.2) is 47.1 Å². The molecule has 1 N–H and O–H groups in total. The molecular weight excluding hydrogens is 234 g/mol. The van der Waals surface area contributed by atoms with Gasteiger partial charge in [-0.15, -0.1) is 0 Å². The molecule has 1 atom stereocenters. The Morgan fingerprint density at radius 1 is 1.24 bits per heavy atom. The summed E-state index contributed by atoms with van der Waals surface area (Å²) in [5, 5.41) is 4.22. The second-order valence-electron chi connectivity index (χ2n) is 3.92. The van der Waals surface area contributed by atoms with Crippen molar-refractivity contribution in [3.63, 3.8) is 0 Å². The van der Waals surface area contributed by atoms with Gasteiger partial charge in [0, 0.05) is 5.02 Å². The number of benzene rings is 1. The van der Waals surface area contributed by atoms with Crippen LogP contribution < -0.4 is 5.32 Å². The molecule has 1 unspecified atom stereocenters. The average molecular weight is 250 g/mol. The van der Waals surface area contributed by atoms with Crippen molar-refractivity contribution in [3.05, 3.63) is 59.0 Å². The predicted octanol–water partition coefficient (Wildman–Crippen LogP) is 3.83. The highest BCUT2D eigenvalue weighted by atomic mass is 35.5. The minimum absolute atomic E-state index is 0.176. The summed E-state index contributed by atoms with van der Waals surface area (Å²) in [6.07, 6.45) is 2.54. The molecule has 0 fully saturated rings. The lowest BCUT2D eigenvalue weighted by atomic mass is 10.0. The van der Waals surface area contributed by atoms with Crippen molar-refractivity contribution in [1.82, 2.24) is 5.32 Å². The predicted molar refractivity (Wildman–Crippen MR) is 70.3 cm³/mol. The van der Waals surface area contributed by atoms with Gasteiger partial charge in [0.15, 0.2) is 0 Å². The highest BCUT2D eigenvalue weighted by molar-refractivity contribution is 6.31. The Hall–Kier alpha value is -1.25. The van der Waals surface area contributed by atoms with Gasteiger partial charge in [0.25, 0.3) is 0 Å². The van der Waals surface area contributed by atoms with Crippen LogP contribution in [0.1, 0.15) is 24.3 Å². The maximum atomic E-state index is 6.17. The molecule has 1 heterocycles. The largest absolute Gasteiger partial charge is 0.468 e. The van der Waals surface area contributed by atoms with Gasteiger partial charge in [-0.3, -0.25) is 0 Å². The first-order valence-corrected chi connectivity index (χ1v) is 6.19. The summed E-state index contributed by atoms with van der Waals surface area (Å²) in [6, 6.07) is 12.0. The fraction of sp³-hybridized carbons (Fsp3) is 0.286. The van der Waals surface area contributed by atoms with Crippen molar-refractivity contribution in [2.75, 3.05) is 6.54 Å². The second-order valence-corrected chi connectivity index (χ2v) is 4.33. The molecule has 1 aromatic carbocycles. The lowest BCUT2D eigenvalue weighted by Crippen LogP contribution is -2.22. The van der Waals surface area contributed by atoms with Crippen LogP contribution in [-0.2, 0) is 6.42 Å². The minimum atomic E-state index is 0.176. The van der Waals surface area contributed by atoms with Gasteiger partial charge in [0.2, 0.25) is 0 Å². The normalized spacial score (nSPS) is 12.6. The number of hydrogen-bond donors (Lipinski definition) is 1. The van der Waals surface area contributed by atoms with Crippen LogP contribution >= 0.6 is 11.6 Å². The fourth-order valence-corrected chi connectivity index (χ4v) is 2.11. The van der Waals surface area contributed by atoms with E-state index in [1.165, 1.54) is 0 Å². The van der Waals surface area contributed by atoms with Crippen molar-refractivity contribution < 1.29 is 4.42 Å². The maximum Gasteiger partial charge on any atom is 0.121 e. The molecule has 0 bridgehead atoms. The SMILES string of the molecule is CCNC(Cc1ccccc1Cl)c1ccco1. The van der Waals surface area contributed by atoms with Gasteiger partial charge in [-0.25, -0.2) is 0 Å². The summed E-state index contributed by atoms with van der Waals surface area (Å²) in [4.78, 5) is 0. The first-order valence-electron chi connectivity index (χ1n) is 5.81. The monoisotopic (exact) mass is 249 g/mol. The van der Waals surface area contributed by atoms with E-state index in [1.807, 2.05) is 30.3 Å². The Balaban J connectivity index is 2.16. The maximum absolute atomic E-state index is 6.17. The number of furan rings is 1. The topological polar surface area (TPSA) is 25.2 Å². The standard InChI is InChI=1S/C14H16ClNO/c1-2-16-13(14-8-5-9-17-14)10-11-6-3-4-7-12(11)15/h3-9,13,16H,2,10H2,1H3. The molecule has 2 aromatic rings. The van der Waals surface area contributed by atoms with Crippen molar-refractivity contribution in [2.24, 2.45) is 0 Å². The Morgan fingerprint density at radius 3 is 2.71 bits per heavy atom. The number of likely N-dealkylation sites (N-methyl/N-ethyl adjacent to an activating group) is 1. The van der Waals surface area contributed by atoms with E-state index in [-0.39, 0.29) is 6.04 Å². The van der Waals surface area contributed by atoms with Crippen LogP contribution in [0.4, 0.5) is 0 Å². The summed E-state index contributed by atoms with van der Waals surface area (Å²) >= 11 is 6.17. The first-order chi connectivity index (χ1) is 8.31. The van der Waals surface area contributed by atoms with Gasteiger partial charge >= 0.3 is 0 Å². The fourth-order valence-electron chi connectivity index (χ4n) is 1.89. The van der Waals surface area contributed by atoms with Crippen LogP contribution in [0, 0.1) is 0 Å². The van der Waals surface area contributed by atoms with Crippen LogP contribution in [0.25, 0.3) is 0 Å². The Bertz CT molecular complexity index is 453. The summed E-state index contributed by atoms with van der Waals surface area (Å²) < 4.78 is 5.45. The average Bonchev–Trinajstić information content (AvgIpc) is 2.85. The third kappa shape index (κ3) is 3.11. The molecule has 90 valence electrons. The summed E-state index contributed by atoms with van der Waals surface area (Å²) in [5.74, 6) is 0.951. The van der Waals surface area contributed by atoms with Crippen LogP contribution in [0.5, 0.6) is 0 Å². The van der Waals surface area contributed by atoms with Gasteiger partial charge in [0.1, 0.15) is 5.76 Å². The van der Waals surface area contributed by atoms with E-state index >= 15 is 0 Å². The third-order valence-corrected chi connectivity index (χ3v) is 3.09. The number of nitrogens with one attached hydrogen (secondary N) is 1. The van der Waals surface area contributed by atoms with Crippen molar-refractivity contribution in [2.45, 2.75) is 19.4 Å². The third-order valence-electron chi connectivity index (χ3n) is 2.72. The smallest absolute Gasteiger partial charge is 0.121 e. The molecular formula is C14H16ClNO. The Labute approximate surface area is 107 Å². The highest BCUT2D eigenvalue weighted by Crippen LogP contribution is 2.23. The van der Waals surface area contributed by atoms with Crippen LogP contribution in [0.3, 0.4) is 0 Å². The number of halogens is 1. The molecule has 17 heavy (non-hydrogen) atoms. The Kier molecular flexibility index (Phi) is 4.24. The highest BCUT2D eigenvalue weighted by Gasteiger charge is 2.14. The van der Waals surface area contributed by atoms with Crippen molar-refractivity contribution in [1.29, 1.82) is 0 Å². The summed E-state index contributed by atoms with van der Waals surface area (Å²) in [5.41, 5.74) is 1.14. The molecule has 0 spiro atoms. The lowest BCUT2D eigenvalue weighted by molar-refractivity contribution is 0.416. The molecule has 3 heteroatoms. The van der Waals surface area contributed by atoms with Crippen molar-refractivity contribution >= 4 is 11.6 Å². The van der Waals surface area contributed by atoms with Gasteiger partial charge < -0.3 is 9.73 Å². The van der Waals surface area contributed by atoms with E-state index in [0.717, 1.165) is 29.3 Å². The Morgan fingerprint density at radius 2 is 2.06 bits per heavy atom. The molecule has 0 saturated heterocycles. The van der Waals surface area contributed by atoms with E-state index in [2.05, 4.69) is 18.3 Å². The van der Waals surface area contributed by atoms with Crippen molar-refractivity contribution in [3.8, 4) is 0 Å². The van der Waals surface area contributed by atoms with E-state index in [4.69, 9.17) is 16.0 Å². The first kappa shape index (κ1) is 12.2. The molecule has 0 radical (unpaired) electrons. The number of hydrogen-bond acceptors (Lipinski definition) is 2. The zero-order valence-corrected chi connectivity index (χ0v) is 10.6. The molecule has 0 amide bonds. The van der Waals surface area contributed by atoms with Gasteiger partial charge in [-0.2, -0.15) is 0 Å². The molecule has 0 aliphatic heterocycles. The minimum Gasteiger partial charge on any atom is -0.468 e. The van der Waals surface area contributed by atoms with Crippen LogP contribution in [-0.4, -0.2) is 6.54 Å². The quantitative estimate of drug-likeness (QED) is 0.871. The molecule has 2 rings (SSSR count). The van der Waals surface area contributed by atoms with Crippen LogP contribution in [0.2, 0.25) is 5.02 Å². The zero-order chi connectivity index (χ0) is 12.1. The van der Waals surface area contributed by atoms with E-state index in [1.54, 1.807) is 6.26 Å². The van der Waals surface area contributed by atoms with E-state index in [0.29, 0.717) is 0 Å². The summed E-state index contributed by atoms with van der Waals surface area (Å²) in [6.45, 7) is 2.98. The van der Waals surface area contributed by atoms with Gasteiger partial charge in [0.05, 0.1) is 12.3 Å². The molecule has 0 aliphatic rings. The molecule has 2 nitrogen and oxygen atoms in total. The molecule has 0 saturated carbocycles. The zero-order valence-electron chi connectivity index (χ0n) is 9.82. The summed E-state index contributed by atoms with van der Waals surface area (Å²) in [7, 11) is 0. The molecule has 1 aromatic heterocycles. The number of rotatable bonds is 5. The lowest BCUT2D eigenvalue weighted by Gasteiger charge is -2.16. The van der Waals surface area contributed by atoms with E-state index in [9.17, 15) is 0 Å².